The molecule has 0 fully saturated rings. The summed E-state index contributed by atoms with van der Waals surface area (Å²) in [5.74, 6) is -0.428. The Labute approximate surface area is 182 Å². The van der Waals surface area contributed by atoms with Gasteiger partial charge in [0, 0.05) is 11.1 Å². The van der Waals surface area contributed by atoms with Crippen LogP contribution in [0.25, 0.3) is 22.3 Å². The van der Waals surface area contributed by atoms with E-state index in [1.165, 1.54) is 12.1 Å². The van der Waals surface area contributed by atoms with Gasteiger partial charge in [-0.05, 0) is 23.3 Å². The fourth-order valence-electron chi connectivity index (χ4n) is 3.32. The average Bonchev–Trinajstić information content (AvgIpc) is 2.80. The number of halogens is 3. The van der Waals surface area contributed by atoms with Crippen LogP contribution in [0.4, 0.5) is 18.0 Å². The summed E-state index contributed by atoms with van der Waals surface area (Å²) in [5.41, 5.74) is 1.71. The average molecular weight is 434 g/mol. The molecule has 0 saturated heterocycles. The Morgan fingerprint density at radius 2 is 1.09 bits per heavy atom. The maximum Gasteiger partial charge on any atom is 0.519 e. The third-order valence-corrected chi connectivity index (χ3v) is 4.76. The fraction of sp³-hybridized carbons (Fsp3) is 0.0385. The number of alkyl halides is 3. The van der Waals surface area contributed by atoms with E-state index in [1.54, 1.807) is 12.1 Å². The number of ether oxygens (including phenoxy) is 2. The van der Waals surface area contributed by atoms with Crippen molar-refractivity contribution in [1.82, 2.24) is 0 Å². The van der Waals surface area contributed by atoms with Crippen molar-refractivity contribution >= 4 is 6.16 Å². The van der Waals surface area contributed by atoms with Crippen LogP contribution in [-0.2, 0) is 6.18 Å². The van der Waals surface area contributed by atoms with Crippen molar-refractivity contribution in [2.75, 3.05) is 0 Å². The highest BCUT2D eigenvalue weighted by molar-refractivity contribution is 5.85. The predicted octanol–water partition coefficient (Wildman–Crippen LogP) is 7.62. The monoisotopic (exact) mass is 434 g/mol. The molecule has 0 spiro atoms. The van der Waals surface area contributed by atoms with Crippen LogP contribution in [0.15, 0.2) is 103 Å². The maximum absolute atomic E-state index is 13.3. The van der Waals surface area contributed by atoms with Crippen molar-refractivity contribution in [3.05, 3.63) is 109 Å². The molecule has 3 nitrogen and oxygen atoms in total. The van der Waals surface area contributed by atoms with Gasteiger partial charge in [-0.3, -0.25) is 0 Å². The number of hydrogen-bond acceptors (Lipinski definition) is 3. The van der Waals surface area contributed by atoms with Crippen LogP contribution in [0.5, 0.6) is 11.5 Å². The Morgan fingerprint density at radius 3 is 1.62 bits per heavy atom. The van der Waals surface area contributed by atoms with Gasteiger partial charge in [0.1, 0.15) is 11.5 Å². The summed E-state index contributed by atoms with van der Waals surface area (Å²) in [4.78, 5) is 12.6. The number of carbonyl (C=O) groups is 1. The number of hydrogen-bond donors (Lipinski definition) is 0. The predicted molar refractivity (Wildman–Crippen MR) is 115 cm³/mol. The van der Waals surface area contributed by atoms with Crippen molar-refractivity contribution < 1.29 is 27.4 Å². The molecule has 0 unspecified atom stereocenters. The molecule has 0 aliphatic heterocycles. The smallest absolute Gasteiger partial charge is 0.394 e. The number of rotatable bonds is 4. The van der Waals surface area contributed by atoms with Crippen LogP contribution in [0.2, 0.25) is 0 Å². The second-order valence-electron chi connectivity index (χ2n) is 6.86. The van der Waals surface area contributed by atoms with Crippen LogP contribution in [0, 0.1) is 0 Å². The second kappa shape index (κ2) is 8.98. The summed E-state index contributed by atoms with van der Waals surface area (Å²) in [6, 6.07) is 28.3. The van der Waals surface area contributed by atoms with Gasteiger partial charge < -0.3 is 9.47 Å². The van der Waals surface area contributed by atoms with Crippen LogP contribution in [-0.4, -0.2) is 6.16 Å². The molecule has 4 aromatic rings. The number of para-hydroxylation sites is 2. The van der Waals surface area contributed by atoms with E-state index >= 15 is 0 Å². The Kier molecular flexibility index (Phi) is 5.94. The Bertz CT molecular complexity index is 1160. The summed E-state index contributed by atoms with van der Waals surface area (Å²) in [6.07, 6.45) is -5.93. The van der Waals surface area contributed by atoms with E-state index in [1.807, 2.05) is 66.7 Å². The molecule has 0 aromatic heterocycles. The summed E-state index contributed by atoms with van der Waals surface area (Å²) >= 11 is 0. The lowest BCUT2D eigenvalue weighted by atomic mass is 9.97. The highest BCUT2D eigenvalue weighted by Crippen LogP contribution is 2.40. The van der Waals surface area contributed by atoms with Gasteiger partial charge >= 0.3 is 12.3 Å². The van der Waals surface area contributed by atoms with Crippen molar-refractivity contribution in [1.29, 1.82) is 0 Å². The SMILES string of the molecule is O=C(Oc1ccccc1C(F)(F)F)Oc1c(-c2ccccc2)cccc1-c1ccccc1. The van der Waals surface area contributed by atoms with Crippen LogP contribution in [0.3, 0.4) is 0 Å². The van der Waals surface area contributed by atoms with Gasteiger partial charge in [0.05, 0.1) is 5.56 Å². The van der Waals surface area contributed by atoms with Crippen molar-refractivity contribution in [3.63, 3.8) is 0 Å². The van der Waals surface area contributed by atoms with Gasteiger partial charge in [0.2, 0.25) is 0 Å². The van der Waals surface area contributed by atoms with Gasteiger partial charge in [0.25, 0.3) is 0 Å². The molecular weight excluding hydrogens is 417 g/mol. The molecule has 0 aliphatic carbocycles. The molecule has 0 saturated carbocycles. The number of carbonyl (C=O) groups excluding carboxylic acids is 1. The first-order valence-electron chi connectivity index (χ1n) is 9.73. The minimum Gasteiger partial charge on any atom is -0.394 e. The van der Waals surface area contributed by atoms with Gasteiger partial charge in [0.15, 0.2) is 0 Å². The lowest BCUT2D eigenvalue weighted by Gasteiger charge is -2.16. The Hall–Kier alpha value is -4.06. The van der Waals surface area contributed by atoms with Gasteiger partial charge in [-0.1, -0.05) is 91.0 Å². The molecule has 0 aliphatic rings. The Morgan fingerprint density at radius 1 is 0.594 bits per heavy atom. The molecule has 0 radical (unpaired) electrons. The van der Waals surface area contributed by atoms with E-state index in [-0.39, 0.29) is 5.75 Å². The van der Waals surface area contributed by atoms with Crippen molar-refractivity contribution in [3.8, 4) is 33.8 Å². The molecule has 4 aromatic carbocycles. The first kappa shape index (κ1) is 21.2. The highest BCUT2D eigenvalue weighted by atomic mass is 19.4. The molecule has 0 amide bonds. The first-order chi connectivity index (χ1) is 15.4. The van der Waals surface area contributed by atoms with Crippen LogP contribution >= 0.6 is 0 Å². The largest absolute Gasteiger partial charge is 0.519 e. The first-order valence-corrected chi connectivity index (χ1v) is 9.73. The lowest BCUT2D eigenvalue weighted by molar-refractivity contribution is -0.138. The van der Waals surface area contributed by atoms with Crippen molar-refractivity contribution in [2.45, 2.75) is 6.18 Å². The normalized spacial score (nSPS) is 11.1. The van der Waals surface area contributed by atoms with Gasteiger partial charge in [-0.25, -0.2) is 4.79 Å². The zero-order valence-corrected chi connectivity index (χ0v) is 16.7. The molecule has 0 atom stereocenters. The van der Waals surface area contributed by atoms with Crippen LogP contribution in [0.1, 0.15) is 5.56 Å². The number of benzene rings is 4. The highest BCUT2D eigenvalue weighted by Gasteiger charge is 2.35. The van der Waals surface area contributed by atoms with E-state index in [0.29, 0.717) is 11.1 Å². The topological polar surface area (TPSA) is 35.5 Å². The zero-order chi connectivity index (χ0) is 22.6. The molecule has 4 rings (SSSR count). The second-order valence-corrected chi connectivity index (χ2v) is 6.86. The maximum atomic E-state index is 13.3. The Balaban J connectivity index is 1.74. The summed E-state index contributed by atoms with van der Waals surface area (Å²) in [5, 5.41) is 0. The molecular formula is C26H17F3O3. The van der Waals surface area contributed by atoms with E-state index in [4.69, 9.17) is 9.47 Å². The van der Waals surface area contributed by atoms with Crippen molar-refractivity contribution in [2.24, 2.45) is 0 Å². The third kappa shape index (κ3) is 4.64. The van der Waals surface area contributed by atoms with Gasteiger partial charge in [-0.2, -0.15) is 13.2 Å². The van der Waals surface area contributed by atoms with E-state index < -0.39 is 23.6 Å². The van der Waals surface area contributed by atoms with E-state index in [9.17, 15) is 18.0 Å². The molecule has 0 N–H and O–H groups in total. The molecule has 0 bridgehead atoms. The van der Waals surface area contributed by atoms with Crippen LogP contribution < -0.4 is 9.47 Å². The van der Waals surface area contributed by atoms with E-state index in [2.05, 4.69) is 0 Å². The minimum atomic E-state index is -4.67. The minimum absolute atomic E-state index is 0.194. The summed E-state index contributed by atoms with van der Waals surface area (Å²) in [7, 11) is 0. The summed E-state index contributed by atoms with van der Waals surface area (Å²) < 4.78 is 50.3. The summed E-state index contributed by atoms with van der Waals surface area (Å²) in [6.45, 7) is 0. The van der Waals surface area contributed by atoms with Gasteiger partial charge in [-0.15, -0.1) is 0 Å². The molecule has 6 heteroatoms. The quantitative estimate of drug-likeness (QED) is 0.245. The van der Waals surface area contributed by atoms with E-state index in [0.717, 1.165) is 23.3 Å². The molecule has 160 valence electrons. The fourth-order valence-corrected chi connectivity index (χ4v) is 3.32. The molecule has 0 heterocycles. The lowest BCUT2D eigenvalue weighted by Crippen LogP contribution is -2.17. The zero-order valence-electron chi connectivity index (χ0n) is 16.7. The molecule has 32 heavy (non-hydrogen) atoms. The standard InChI is InChI=1S/C26H17F3O3/c27-26(28,29)22-16-7-8-17-23(22)31-25(30)32-24-20(18-10-3-1-4-11-18)14-9-15-21(24)19-12-5-2-6-13-19/h1-17H. The third-order valence-electron chi connectivity index (χ3n) is 4.76.